The summed E-state index contributed by atoms with van der Waals surface area (Å²) in [5.74, 6) is -0.428. The van der Waals surface area contributed by atoms with Gasteiger partial charge in [0.05, 0.1) is 18.4 Å². The van der Waals surface area contributed by atoms with E-state index < -0.39 is 10.0 Å². The molecule has 0 aliphatic carbocycles. The molecule has 3 heterocycles. The second-order valence-corrected chi connectivity index (χ2v) is 8.60. The molecule has 124 valence electrons. The summed E-state index contributed by atoms with van der Waals surface area (Å²) in [6.45, 7) is 1.09. The van der Waals surface area contributed by atoms with Crippen LogP contribution in [0.2, 0.25) is 0 Å². The molecule has 8 heteroatoms. The van der Waals surface area contributed by atoms with Crippen molar-refractivity contribution < 1.29 is 17.6 Å². The lowest BCUT2D eigenvalue weighted by Crippen LogP contribution is -2.45. The maximum atomic E-state index is 12.6. The molecule has 1 N–H and O–H groups in total. The summed E-state index contributed by atoms with van der Waals surface area (Å²) in [6, 6.07) is 5.11. The lowest BCUT2D eigenvalue weighted by Gasteiger charge is -2.30. The number of nitrogens with zero attached hydrogens (tertiary/aromatic N) is 1. The van der Waals surface area contributed by atoms with Crippen molar-refractivity contribution >= 4 is 27.3 Å². The number of carbonyl (C=O) groups is 1. The molecule has 1 fully saturated rings. The zero-order chi connectivity index (χ0) is 16.3. The molecular formula is C15H18N2O4S2. The number of hydrogen-bond donors (Lipinski definition) is 1. The highest BCUT2D eigenvalue weighted by atomic mass is 32.2. The quantitative estimate of drug-likeness (QED) is 0.891. The van der Waals surface area contributed by atoms with Gasteiger partial charge in [-0.3, -0.25) is 4.79 Å². The molecule has 1 atom stereocenters. The van der Waals surface area contributed by atoms with E-state index in [1.165, 1.54) is 15.6 Å². The van der Waals surface area contributed by atoms with Crippen LogP contribution in [0.4, 0.5) is 0 Å². The molecule has 2 aromatic rings. The van der Waals surface area contributed by atoms with Gasteiger partial charge in [-0.2, -0.15) is 4.31 Å². The second-order valence-electron chi connectivity index (χ2n) is 5.48. The van der Waals surface area contributed by atoms with Crippen LogP contribution in [0.1, 0.15) is 18.4 Å². The molecule has 1 unspecified atom stereocenters. The molecule has 6 nitrogen and oxygen atoms in total. The molecule has 0 saturated carbocycles. The van der Waals surface area contributed by atoms with Gasteiger partial charge in [0.1, 0.15) is 4.21 Å². The minimum absolute atomic E-state index is 0.114. The second kappa shape index (κ2) is 6.86. The van der Waals surface area contributed by atoms with Crippen LogP contribution in [0.25, 0.3) is 0 Å². The van der Waals surface area contributed by atoms with E-state index in [2.05, 4.69) is 5.32 Å². The first kappa shape index (κ1) is 16.2. The predicted molar refractivity (Wildman–Crippen MR) is 86.4 cm³/mol. The largest absolute Gasteiger partial charge is 0.472 e. The Morgan fingerprint density at radius 3 is 3.00 bits per heavy atom. The number of rotatable bonds is 5. The minimum Gasteiger partial charge on any atom is -0.472 e. The normalized spacial score (nSPS) is 19.6. The number of thiophene rings is 1. The molecule has 23 heavy (non-hydrogen) atoms. The Morgan fingerprint density at radius 2 is 2.30 bits per heavy atom. The topological polar surface area (TPSA) is 79.6 Å². The molecule has 1 saturated heterocycles. The molecule has 3 rings (SSSR count). The fourth-order valence-corrected chi connectivity index (χ4v) is 5.31. The molecule has 1 amide bonds. The summed E-state index contributed by atoms with van der Waals surface area (Å²) < 4.78 is 31.8. The molecule has 0 radical (unpaired) electrons. The zero-order valence-corrected chi connectivity index (χ0v) is 14.1. The first-order valence-electron chi connectivity index (χ1n) is 7.40. The number of nitrogens with one attached hydrogen (secondary N) is 1. The lowest BCUT2D eigenvalue weighted by molar-refractivity contribution is -0.126. The Kier molecular flexibility index (Phi) is 4.84. The smallest absolute Gasteiger partial charge is 0.252 e. The fourth-order valence-electron chi connectivity index (χ4n) is 2.64. The van der Waals surface area contributed by atoms with Gasteiger partial charge in [0.15, 0.2) is 0 Å². The summed E-state index contributed by atoms with van der Waals surface area (Å²) in [6.07, 6.45) is 4.52. The van der Waals surface area contributed by atoms with Gasteiger partial charge in [-0.1, -0.05) is 6.07 Å². The van der Waals surface area contributed by atoms with Crippen molar-refractivity contribution in [3.8, 4) is 0 Å². The van der Waals surface area contributed by atoms with Crippen LogP contribution in [0.5, 0.6) is 0 Å². The SMILES string of the molecule is O=C(NCc1ccoc1)C1CCCN(S(=O)(=O)c2cccs2)C1. The zero-order valence-electron chi connectivity index (χ0n) is 12.5. The summed E-state index contributed by atoms with van der Waals surface area (Å²) in [7, 11) is -3.49. The predicted octanol–water partition coefficient (Wildman–Crippen LogP) is 2.06. The number of furan rings is 1. The van der Waals surface area contributed by atoms with Crippen LogP contribution in [-0.2, 0) is 21.4 Å². The number of sulfonamides is 1. The number of amides is 1. The Balaban J connectivity index is 1.63. The van der Waals surface area contributed by atoms with E-state index in [1.807, 2.05) is 0 Å². The molecule has 2 aromatic heterocycles. The summed E-state index contributed by atoms with van der Waals surface area (Å²) in [4.78, 5) is 12.3. The van der Waals surface area contributed by atoms with Crippen molar-refractivity contribution in [3.05, 3.63) is 41.7 Å². The monoisotopic (exact) mass is 354 g/mol. The van der Waals surface area contributed by atoms with Gasteiger partial charge in [0.25, 0.3) is 10.0 Å². The number of hydrogen-bond acceptors (Lipinski definition) is 5. The lowest BCUT2D eigenvalue weighted by atomic mass is 9.99. The Bertz CT molecular complexity index is 739. The van der Waals surface area contributed by atoms with E-state index in [1.54, 1.807) is 36.1 Å². The van der Waals surface area contributed by atoms with Crippen molar-refractivity contribution in [2.45, 2.75) is 23.6 Å². The third-order valence-corrected chi connectivity index (χ3v) is 7.13. The molecule has 1 aliphatic rings. The highest BCUT2D eigenvalue weighted by Gasteiger charge is 2.33. The van der Waals surface area contributed by atoms with E-state index in [9.17, 15) is 13.2 Å². The van der Waals surface area contributed by atoms with Gasteiger partial charge < -0.3 is 9.73 Å². The van der Waals surface area contributed by atoms with E-state index in [0.29, 0.717) is 30.1 Å². The Labute approximate surface area is 139 Å². The van der Waals surface area contributed by atoms with Gasteiger partial charge in [-0.25, -0.2) is 8.42 Å². The van der Waals surface area contributed by atoms with Gasteiger partial charge in [-0.05, 0) is 30.4 Å². The number of carbonyl (C=O) groups excluding carboxylic acids is 1. The van der Waals surface area contributed by atoms with E-state index in [-0.39, 0.29) is 18.4 Å². The third kappa shape index (κ3) is 3.65. The van der Waals surface area contributed by atoms with Crippen LogP contribution in [-0.4, -0.2) is 31.7 Å². The molecule has 0 aromatic carbocycles. The molecular weight excluding hydrogens is 336 g/mol. The summed E-state index contributed by atoms with van der Waals surface area (Å²) in [5, 5.41) is 4.59. The number of piperidine rings is 1. The summed E-state index contributed by atoms with van der Waals surface area (Å²) >= 11 is 1.20. The van der Waals surface area contributed by atoms with Crippen molar-refractivity contribution in [1.82, 2.24) is 9.62 Å². The van der Waals surface area contributed by atoms with Crippen molar-refractivity contribution in [1.29, 1.82) is 0 Å². The highest BCUT2D eigenvalue weighted by Crippen LogP contribution is 2.26. The van der Waals surface area contributed by atoms with Gasteiger partial charge in [0.2, 0.25) is 5.91 Å². The van der Waals surface area contributed by atoms with Crippen LogP contribution >= 0.6 is 11.3 Å². The van der Waals surface area contributed by atoms with Gasteiger partial charge in [-0.15, -0.1) is 11.3 Å². The van der Waals surface area contributed by atoms with E-state index >= 15 is 0 Å². The van der Waals surface area contributed by atoms with Crippen molar-refractivity contribution in [2.24, 2.45) is 5.92 Å². The van der Waals surface area contributed by atoms with Crippen LogP contribution in [0.3, 0.4) is 0 Å². The highest BCUT2D eigenvalue weighted by molar-refractivity contribution is 7.91. The summed E-state index contributed by atoms with van der Waals surface area (Å²) in [5.41, 5.74) is 0.886. The third-order valence-electron chi connectivity index (χ3n) is 3.89. The molecule has 0 spiro atoms. The van der Waals surface area contributed by atoms with Gasteiger partial charge in [0, 0.05) is 25.2 Å². The fraction of sp³-hybridized carbons (Fsp3) is 0.400. The molecule has 0 bridgehead atoms. The average Bonchev–Trinajstić information content (AvgIpc) is 3.26. The van der Waals surface area contributed by atoms with E-state index in [4.69, 9.17) is 4.42 Å². The maximum absolute atomic E-state index is 12.6. The van der Waals surface area contributed by atoms with Gasteiger partial charge >= 0.3 is 0 Å². The first-order chi connectivity index (χ1) is 11.1. The van der Waals surface area contributed by atoms with E-state index in [0.717, 1.165) is 5.56 Å². The van der Waals surface area contributed by atoms with Crippen molar-refractivity contribution in [2.75, 3.05) is 13.1 Å². The first-order valence-corrected chi connectivity index (χ1v) is 9.72. The van der Waals surface area contributed by atoms with Crippen LogP contribution in [0, 0.1) is 5.92 Å². The van der Waals surface area contributed by atoms with Crippen molar-refractivity contribution in [3.63, 3.8) is 0 Å². The van der Waals surface area contributed by atoms with Crippen LogP contribution < -0.4 is 5.32 Å². The Hall–Kier alpha value is -1.64. The van der Waals surface area contributed by atoms with Crippen LogP contribution in [0.15, 0.2) is 44.7 Å². The maximum Gasteiger partial charge on any atom is 0.252 e. The standard InChI is InChI=1S/C15H18N2O4S2/c18-15(16-9-12-5-7-21-11-12)13-3-1-6-17(10-13)23(19,20)14-4-2-8-22-14/h2,4-5,7-8,11,13H,1,3,6,9-10H2,(H,16,18). The Morgan fingerprint density at radius 1 is 1.43 bits per heavy atom. The molecule has 1 aliphatic heterocycles. The average molecular weight is 354 g/mol. The minimum atomic E-state index is -3.49.